The molecule has 0 aliphatic rings. The van der Waals surface area contributed by atoms with Gasteiger partial charge in [-0.3, -0.25) is 0 Å². The van der Waals surface area contributed by atoms with Gasteiger partial charge in [0, 0.05) is 6.42 Å². The fourth-order valence-corrected chi connectivity index (χ4v) is 1.10. The van der Waals surface area contributed by atoms with Crippen LogP contribution in [0.2, 0.25) is 5.02 Å². The quantitative estimate of drug-likeness (QED) is 0.670. The monoisotopic (exact) mass is 226 g/mol. The van der Waals surface area contributed by atoms with E-state index in [2.05, 4.69) is 0 Å². The minimum absolute atomic E-state index is 0.0826. The minimum atomic E-state index is -4.21. The predicted molar refractivity (Wildman–Crippen MR) is 45.8 cm³/mol. The second kappa shape index (κ2) is 4.17. The average molecular weight is 227 g/mol. The molecule has 0 saturated heterocycles. The largest absolute Gasteiger partial charge is 0.389 e. The number of alkyl halides is 3. The van der Waals surface area contributed by atoms with Crippen LogP contribution in [-0.2, 0) is 6.42 Å². The molecule has 1 aromatic carbocycles. The maximum Gasteiger partial charge on any atom is 0.389 e. The van der Waals surface area contributed by atoms with Crippen molar-refractivity contribution in [3.8, 4) is 0 Å². The van der Waals surface area contributed by atoms with Crippen molar-refractivity contribution in [2.24, 2.45) is 0 Å². The highest BCUT2D eigenvalue weighted by Gasteiger charge is 2.26. The Bertz CT molecular complexity index is 319. The van der Waals surface area contributed by atoms with Crippen molar-refractivity contribution in [2.75, 3.05) is 0 Å². The second-order valence-electron chi connectivity index (χ2n) is 2.86. The summed E-state index contributed by atoms with van der Waals surface area (Å²) in [6.45, 7) is 0. The lowest BCUT2D eigenvalue weighted by Crippen LogP contribution is -2.08. The summed E-state index contributed by atoms with van der Waals surface area (Å²) in [5, 5.41) is -0.0826. The molecule has 1 aromatic rings. The van der Waals surface area contributed by atoms with Gasteiger partial charge in [0.25, 0.3) is 0 Å². The molecule has 0 amide bonds. The first-order valence-corrected chi connectivity index (χ1v) is 4.27. The van der Waals surface area contributed by atoms with Crippen molar-refractivity contribution in [1.29, 1.82) is 0 Å². The van der Waals surface area contributed by atoms with Crippen LogP contribution in [0.25, 0.3) is 0 Å². The molecule has 78 valence electrons. The summed E-state index contributed by atoms with van der Waals surface area (Å²) < 4.78 is 48.2. The predicted octanol–water partition coefficient (Wildman–Crippen LogP) is 3.97. The van der Waals surface area contributed by atoms with E-state index < -0.39 is 18.4 Å². The third kappa shape index (κ3) is 3.54. The molecule has 0 N–H and O–H groups in total. The van der Waals surface area contributed by atoms with Crippen molar-refractivity contribution >= 4 is 11.6 Å². The highest BCUT2D eigenvalue weighted by atomic mass is 35.5. The molecule has 0 unspecified atom stereocenters. The smallest absolute Gasteiger partial charge is 0.205 e. The summed E-state index contributed by atoms with van der Waals surface area (Å²) in [6, 6.07) is 3.66. The molecule has 5 heteroatoms. The van der Waals surface area contributed by atoms with Crippen LogP contribution in [0.1, 0.15) is 12.0 Å². The normalized spacial score (nSPS) is 11.8. The molecule has 0 aliphatic carbocycles. The van der Waals surface area contributed by atoms with E-state index in [4.69, 9.17) is 11.6 Å². The number of hydrogen-bond donors (Lipinski definition) is 0. The summed E-state index contributed by atoms with van der Waals surface area (Å²) in [5.74, 6) is -0.689. The fourth-order valence-electron chi connectivity index (χ4n) is 0.981. The molecule has 0 heterocycles. The van der Waals surface area contributed by atoms with E-state index >= 15 is 0 Å². The Labute approximate surface area is 83.5 Å². The van der Waals surface area contributed by atoms with Gasteiger partial charge >= 0.3 is 6.18 Å². The van der Waals surface area contributed by atoms with E-state index in [1.165, 1.54) is 12.1 Å². The van der Waals surface area contributed by atoms with Crippen molar-refractivity contribution in [3.63, 3.8) is 0 Å². The summed E-state index contributed by atoms with van der Waals surface area (Å²) in [5.41, 5.74) is 0.296. The van der Waals surface area contributed by atoms with Gasteiger partial charge in [0.2, 0.25) is 0 Å². The summed E-state index contributed by atoms with van der Waals surface area (Å²) in [7, 11) is 0. The number of hydrogen-bond acceptors (Lipinski definition) is 0. The molecule has 0 aliphatic heterocycles. The van der Waals surface area contributed by atoms with Crippen LogP contribution in [0.5, 0.6) is 0 Å². The number of rotatable bonds is 2. The van der Waals surface area contributed by atoms with Crippen LogP contribution in [0.4, 0.5) is 17.6 Å². The molecule has 0 fully saturated rings. The number of halogens is 5. The lowest BCUT2D eigenvalue weighted by Gasteiger charge is -2.06. The standard InChI is InChI=1S/C9H7ClF4/c10-7-2-1-6(5-8(7)11)3-4-9(12,13)14/h1-2,5H,3-4H2. The first kappa shape index (κ1) is 11.3. The molecule has 0 bridgehead atoms. The van der Waals surface area contributed by atoms with Crippen LogP contribution in [-0.4, -0.2) is 6.18 Å². The van der Waals surface area contributed by atoms with Gasteiger partial charge in [-0.15, -0.1) is 0 Å². The Balaban J connectivity index is 2.65. The van der Waals surface area contributed by atoms with E-state index in [0.717, 1.165) is 6.07 Å². The Kier molecular flexibility index (Phi) is 3.37. The molecule has 0 spiro atoms. The van der Waals surface area contributed by atoms with Gasteiger partial charge < -0.3 is 0 Å². The molecule has 0 radical (unpaired) electrons. The minimum Gasteiger partial charge on any atom is -0.205 e. The fraction of sp³-hybridized carbons (Fsp3) is 0.333. The average Bonchev–Trinajstić information content (AvgIpc) is 2.06. The second-order valence-corrected chi connectivity index (χ2v) is 3.27. The lowest BCUT2D eigenvalue weighted by molar-refractivity contribution is -0.134. The van der Waals surface area contributed by atoms with Crippen LogP contribution in [0, 0.1) is 5.82 Å². The topological polar surface area (TPSA) is 0 Å². The van der Waals surface area contributed by atoms with E-state index in [1.807, 2.05) is 0 Å². The lowest BCUT2D eigenvalue weighted by atomic mass is 10.1. The van der Waals surface area contributed by atoms with Gasteiger partial charge in [0.1, 0.15) is 5.82 Å². The van der Waals surface area contributed by atoms with Crippen LogP contribution in [0.3, 0.4) is 0 Å². The highest BCUT2D eigenvalue weighted by molar-refractivity contribution is 6.30. The van der Waals surface area contributed by atoms with E-state index in [-0.39, 0.29) is 11.4 Å². The van der Waals surface area contributed by atoms with Gasteiger partial charge in [-0.05, 0) is 24.1 Å². The van der Waals surface area contributed by atoms with Gasteiger partial charge in [-0.25, -0.2) is 4.39 Å². The van der Waals surface area contributed by atoms with Crippen LogP contribution < -0.4 is 0 Å². The van der Waals surface area contributed by atoms with E-state index in [1.54, 1.807) is 0 Å². The zero-order valence-corrected chi connectivity index (χ0v) is 7.79. The first-order chi connectivity index (χ1) is 6.38. The molecule has 0 atom stereocenters. The summed E-state index contributed by atoms with van der Waals surface area (Å²) in [6.07, 6.45) is -5.39. The molecule has 14 heavy (non-hydrogen) atoms. The van der Waals surface area contributed by atoms with E-state index in [9.17, 15) is 17.6 Å². The Morgan fingerprint density at radius 1 is 1.21 bits per heavy atom. The van der Waals surface area contributed by atoms with Gasteiger partial charge in [-0.2, -0.15) is 13.2 Å². The maximum absolute atomic E-state index is 12.8. The first-order valence-electron chi connectivity index (χ1n) is 3.89. The third-order valence-electron chi connectivity index (χ3n) is 1.68. The van der Waals surface area contributed by atoms with E-state index in [0.29, 0.717) is 5.56 Å². The maximum atomic E-state index is 12.8. The molecular formula is C9H7ClF4. The zero-order chi connectivity index (χ0) is 10.8. The van der Waals surface area contributed by atoms with Crippen molar-refractivity contribution in [1.82, 2.24) is 0 Å². The van der Waals surface area contributed by atoms with Crippen molar-refractivity contribution in [2.45, 2.75) is 19.0 Å². The van der Waals surface area contributed by atoms with Gasteiger partial charge in [-0.1, -0.05) is 17.7 Å². The molecule has 0 saturated carbocycles. The molecular weight excluding hydrogens is 220 g/mol. The Morgan fingerprint density at radius 2 is 1.86 bits per heavy atom. The summed E-state index contributed by atoms with van der Waals surface area (Å²) >= 11 is 5.37. The Morgan fingerprint density at radius 3 is 2.36 bits per heavy atom. The van der Waals surface area contributed by atoms with Gasteiger partial charge in [0.15, 0.2) is 0 Å². The third-order valence-corrected chi connectivity index (χ3v) is 1.99. The van der Waals surface area contributed by atoms with Crippen LogP contribution in [0.15, 0.2) is 18.2 Å². The Hall–Kier alpha value is -0.770. The summed E-state index contributed by atoms with van der Waals surface area (Å²) in [4.78, 5) is 0. The number of aryl methyl sites for hydroxylation is 1. The zero-order valence-electron chi connectivity index (χ0n) is 7.04. The molecule has 0 aromatic heterocycles. The van der Waals surface area contributed by atoms with Crippen LogP contribution >= 0.6 is 11.6 Å². The SMILES string of the molecule is Fc1cc(CCC(F)(F)F)ccc1Cl. The number of benzene rings is 1. The molecule has 1 rings (SSSR count). The van der Waals surface area contributed by atoms with Crippen molar-refractivity contribution < 1.29 is 17.6 Å². The highest BCUT2D eigenvalue weighted by Crippen LogP contribution is 2.23. The molecule has 0 nitrogen and oxygen atoms in total. The van der Waals surface area contributed by atoms with Crippen molar-refractivity contribution in [3.05, 3.63) is 34.6 Å². The van der Waals surface area contributed by atoms with Gasteiger partial charge in [0.05, 0.1) is 5.02 Å².